The Hall–Kier alpha value is 0.583. The molecule has 0 N–H and O–H groups in total. The van der Waals surface area contributed by atoms with E-state index in [0.29, 0.717) is 0 Å². The fraction of sp³-hybridized carbons (Fsp3) is 0.500. The Labute approximate surface area is 75.0 Å². The molecule has 10 heavy (non-hydrogen) atoms. The van der Waals surface area contributed by atoms with Gasteiger partial charge in [0.2, 0.25) is 0 Å². The van der Waals surface area contributed by atoms with Crippen LogP contribution in [-0.2, 0) is 0 Å². The van der Waals surface area contributed by atoms with Crippen molar-refractivity contribution in [3.63, 3.8) is 0 Å². The van der Waals surface area contributed by atoms with Gasteiger partial charge < -0.3 is 0 Å². The Morgan fingerprint density at radius 2 is 2.20 bits per heavy atom. The predicted octanol–water partition coefficient (Wildman–Crippen LogP) is 3.15. The van der Waals surface area contributed by atoms with E-state index in [0.717, 1.165) is 3.63 Å². The zero-order valence-corrected chi connectivity index (χ0v) is 11.0. The molecule has 1 unspecified atom stereocenters. The van der Waals surface area contributed by atoms with Crippen LogP contribution in [0.15, 0.2) is 17.5 Å². The molecule has 0 nitrogen and oxygen atoms in total. The van der Waals surface area contributed by atoms with Gasteiger partial charge in [0.15, 0.2) is 0 Å². The van der Waals surface area contributed by atoms with Crippen LogP contribution in [0.25, 0.3) is 0 Å². The van der Waals surface area contributed by atoms with Gasteiger partial charge in [-0.25, -0.2) is 0 Å². The van der Waals surface area contributed by atoms with E-state index in [1.165, 1.54) is 0 Å². The van der Waals surface area contributed by atoms with Crippen molar-refractivity contribution in [2.24, 2.45) is 0 Å². The van der Waals surface area contributed by atoms with Crippen LogP contribution in [0.2, 0.25) is 9.26 Å². The Kier molecular flexibility index (Phi) is 3.32. The molecule has 1 atom stereocenters. The summed E-state index contributed by atoms with van der Waals surface area (Å²) in [5.41, 5.74) is 0. The summed E-state index contributed by atoms with van der Waals surface area (Å²) in [5, 5.41) is 2.18. The van der Waals surface area contributed by atoms with Crippen LogP contribution in [0.3, 0.4) is 0 Å². The van der Waals surface area contributed by atoms with Crippen LogP contribution in [0.1, 0.15) is 15.4 Å². The molecule has 0 bridgehead atoms. The molecule has 2 heteroatoms. The molecule has 1 heterocycles. The van der Waals surface area contributed by atoms with Crippen LogP contribution >= 0.6 is 11.3 Å². The molecule has 0 aliphatic heterocycles. The van der Waals surface area contributed by atoms with Crippen LogP contribution in [-0.4, -0.2) is 21.8 Å². The van der Waals surface area contributed by atoms with E-state index in [-0.39, 0.29) is 0 Å². The van der Waals surface area contributed by atoms with Crippen molar-refractivity contribution in [2.75, 3.05) is 0 Å². The van der Waals surface area contributed by atoms with Gasteiger partial charge in [0.1, 0.15) is 0 Å². The van der Waals surface area contributed by atoms with E-state index in [1.54, 1.807) is 4.88 Å². The molecular formula is C8H13BiS. The Balaban J connectivity index is 2.68. The molecule has 0 spiro atoms. The first-order valence-corrected chi connectivity index (χ1v) is 13.3. The van der Waals surface area contributed by atoms with E-state index in [1.807, 2.05) is 11.3 Å². The number of hydrogen-bond acceptors (Lipinski definition) is 1. The fourth-order valence-electron chi connectivity index (χ4n) is 0.783. The van der Waals surface area contributed by atoms with E-state index >= 15 is 0 Å². The summed E-state index contributed by atoms with van der Waals surface area (Å²) in [6.45, 7) is 2.38. The molecule has 0 amide bonds. The monoisotopic (exact) mass is 350 g/mol. The van der Waals surface area contributed by atoms with Crippen molar-refractivity contribution in [3.8, 4) is 0 Å². The first kappa shape index (κ1) is 8.68. The summed E-state index contributed by atoms with van der Waals surface area (Å²) in [5.74, 6) is 0. The van der Waals surface area contributed by atoms with Crippen LogP contribution < -0.4 is 0 Å². The van der Waals surface area contributed by atoms with Crippen molar-refractivity contribution >= 4 is 33.1 Å². The van der Waals surface area contributed by atoms with Gasteiger partial charge in [0.05, 0.1) is 0 Å². The molecule has 0 aromatic carbocycles. The van der Waals surface area contributed by atoms with E-state index in [4.69, 9.17) is 0 Å². The maximum atomic E-state index is 2.47. The van der Waals surface area contributed by atoms with Gasteiger partial charge in [-0.2, -0.15) is 0 Å². The molecular weight excluding hydrogens is 337 g/mol. The first-order chi connectivity index (χ1) is 4.72. The van der Waals surface area contributed by atoms with Gasteiger partial charge in [0, 0.05) is 0 Å². The van der Waals surface area contributed by atoms with Gasteiger partial charge in [-0.3, -0.25) is 0 Å². The summed E-state index contributed by atoms with van der Waals surface area (Å²) in [4.78, 5) is 1.60. The molecule has 0 radical (unpaired) electrons. The molecule has 0 aliphatic rings. The molecule has 0 fully saturated rings. The third kappa shape index (κ3) is 2.03. The van der Waals surface area contributed by atoms with E-state index in [9.17, 15) is 0 Å². The van der Waals surface area contributed by atoms with Gasteiger partial charge in [-0.15, -0.1) is 0 Å². The summed E-state index contributed by atoms with van der Waals surface area (Å²) in [6, 6.07) is 4.43. The molecule has 1 aromatic rings. The van der Waals surface area contributed by atoms with Gasteiger partial charge in [0.25, 0.3) is 0 Å². The van der Waals surface area contributed by atoms with Crippen LogP contribution in [0, 0.1) is 0 Å². The second kappa shape index (κ2) is 3.83. The Morgan fingerprint density at radius 3 is 2.60 bits per heavy atom. The normalized spacial score (nSPS) is 14.0. The minimum absolute atomic E-state index is 0.926. The van der Waals surface area contributed by atoms with Crippen molar-refractivity contribution < 1.29 is 0 Å². The summed E-state index contributed by atoms with van der Waals surface area (Å²) in [6.07, 6.45) is 0. The van der Waals surface area contributed by atoms with Crippen LogP contribution in [0.4, 0.5) is 0 Å². The molecule has 1 rings (SSSR count). The van der Waals surface area contributed by atoms with E-state index in [2.05, 4.69) is 33.7 Å². The maximum absolute atomic E-state index is 2.47. The average Bonchev–Trinajstić information content (AvgIpc) is 2.36. The van der Waals surface area contributed by atoms with Crippen molar-refractivity contribution in [1.82, 2.24) is 0 Å². The fourth-order valence-corrected chi connectivity index (χ4v) is 6.32. The topological polar surface area (TPSA) is 0 Å². The van der Waals surface area contributed by atoms with Gasteiger partial charge in [-0.05, 0) is 0 Å². The second-order valence-corrected chi connectivity index (χ2v) is 14.1. The average molecular weight is 350 g/mol. The van der Waals surface area contributed by atoms with Crippen LogP contribution in [0.5, 0.6) is 0 Å². The standard InChI is InChI=1S/C6H7S.2CH3.Bi/c1-2-6-4-3-5-7-6;;;/h2-5H,1H3;2*1H3;. The van der Waals surface area contributed by atoms with Crippen molar-refractivity contribution in [2.45, 2.75) is 19.8 Å². The third-order valence-electron chi connectivity index (χ3n) is 1.73. The number of thiophene rings is 1. The minimum atomic E-state index is -1.01. The first-order valence-electron chi connectivity index (χ1n) is 3.41. The zero-order valence-electron chi connectivity index (χ0n) is 6.66. The Bertz CT molecular complexity index is 179. The number of hydrogen-bond donors (Lipinski definition) is 0. The predicted molar refractivity (Wildman–Crippen MR) is 50.2 cm³/mol. The third-order valence-corrected chi connectivity index (χ3v) is 10.6. The molecule has 0 saturated heterocycles. The quantitative estimate of drug-likeness (QED) is 0.719. The molecule has 0 aliphatic carbocycles. The summed E-state index contributed by atoms with van der Waals surface area (Å²) in [7, 11) is 0. The summed E-state index contributed by atoms with van der Waals surface area (Å²) < 4.78 is 5.87. The van der Waals surface area contributed by atoms with E-state index < -0.39 is 21.8 Å². The van der Waals surface area contributed by atoms with Gasteiger partial charge >= 0.3 is 75.3 Å². The molecule has 1 aromatic heterocycles. The SMILES string of the molecule is C[CH](c1cccs1)[Bi]([CH3])[CH3]. The van der Waals surface area contributed by atoms with Gasteiger partial charge in [-0.1, -0.05) is 0 Å². The number of rotatable bonds is 2. The zero-order chi connectivity index (χ0) is 7.56. The molecule has 56 valence electrons. The van der Waals surface area contributed by atoms with Crippen molar-refractivity contribution in [3.05, 3.63) is 22.4 Å². The summed E-state index contributed by atoms with van der Waals surface area (Å²) >= 11 is 0.899. The molecule has 0 saturated carbocycles. The Morgan fingerprint density at radius 1 is 1.50 bits per heavy atom. The van der Waals surface area contributed by atoms with Crippen molar-refractivity contribution in [1.29, 1.82) is 0 Å². The second-order valence-electron chi connectivity index (χ2n) is 2.66.